The lowest BCUT2D eigenvalue weighted by Gasteiger charge is -2.33. The van der Waals surface area contributed by atoms with Crippen LogP contribution in [0.25, 0.3) is 0 Å². The molecule has 96 valence electrons. The van der Waals surface area contributed by atoms with E-state index in [-0.39, 0.29) is 18.4 Å². The van der Waals surface area contributed by atoms with Gasteiger partial charge in [-0.15, -0.1) is 0 Å². The molecule has 1 amide bonds. The van der Waals surface area contributed by atoms with Crippen molar-refractivity contribution in [1.82, 2.24) is 5.32 Å². The molecule has 1 saturated carbocycles. The third kappa shape index (κ3) is 2.25. The monoisotopic (exact) mass is 237 g/mol. The normalized spacial score (nSPS) is 30.9. The summed E-state index contributed by atoms with van der Waals surface area (Å²) in [6.45, 7) is 4.06. The van der Waals surface area contributed by atoms with Crippen LogP contribution in [0.4, 0.5) is 0 Å². The molecule has 0 spiro atoms. The number of aliphatic hydroxyl groups excluding tert-OH is 1. The summed E-state index contributed by atoms with van der Waals surface area (Å²) >= 11 is 0. The Morgan fingerprint density at radius 3 is 2.47 bits per heavy atom. The average molecular weight is 237 g/mol. The molecule has 2 N–H and O–H groups in total. The van der Waals surface area contributed by atoms with E-state index in [1.807, 2.05) is 13.8 Å². The Bertz CT molecular complexity index is 312. The first-order chi connectivity index (χ1) is 8.14. The van der Waals surface area contributed by atoms with Crippen LogP contribution in [0.5, 0.6) is 0 Å². The predicted molar refractivity (Wildman–Crippen MR) is 67.4 cm³/mol. The largest absolute Gasteiger partial charge is 0.394 e. The number of amides is 1. The Morgan fingerprint density at radius 2 is 2.06 bits per heavy atom. The van der Waals surface area contributed by atoms with E-state index in [2.05, 4.69) is 17.5 Å². The van der Waals surface area contributed by atoms with Crippen LogP contribution < -0.4 is 5.32 Å². The highest BCUT2D eigenvalue weighted by Crippen LogP contribution is 2.43. The molecule has 0 aromatic rings. The van der Waals surface area contributed by atoms with Gasteiger partial charge in [-0.05, 0) is 37.5 Å². The lowest BCUT2D eigenvalue weighted by atomic mass is 9.89. The van der Waals surface area contributed by atoms with Gasteiger partial charge >= 0.3 is 0 Å². The summed E-state index contributed by atoms with van der Waals surface area (Å²) in [4.78, 5) is 12.3. The summed E-state index contributed by atoms with van der Waals surface area (Å²) in [6.07, 6.45) is 8.12. The molecule has 2 aliphatic carbocycles. The minimum Gasteiger partial charge on any atom is -0.394 e. The second-order valence-electron chi connectivity index (χ2n) is 5.52. The third-order valence-electron chi connectivity index (χ3n) is 4.66. The van der Waals surface area contributed by atoms with Gasteiger partial charge in [0.25, 0.3) is 0 Å². The zero-order valence-electron chi connectivity index (χ0n) is 10.8. The molecule has 2 bridgehead atoms. The number of aliphatic hydroxyl groups is 1. The number of allylic oxidation sites excluding steroid dienone is 2. The van der Waals surface area contributed by atoms with Gasteiger partial charge in [0, 0.05) is 5.92 Å². The van der Waals surface area contributed by atoms with E-state index in [0.29, 0.717) is 11.8 Å². The molecule has 17 heavy (non-hydrogen) atoms. The highest BCUT2D eigenvalue weighted by Gasteiger charge is 2.41. The molecule has 3 heteroatoms. The lowest BCUT2D eigenvalue weighted by molar-refractivity contribution is -0.128. The van der Waals surface area contributed by atoms with Crippen LogP contribution in [0.1, 0.15) is 39.5 Å². The first-order valence-electron chi connectivity index (χ1n) is 6.75. The summed E-state index contributed by atoms with van der Waals surface area (Å²) in [6, 6.07) is 0. The Labute approximate surface area is 103 Å². The van der Waals surface area contributed by atoms with Gasteiger partial charge < -0.3 is 10.4 Å². The predicted octanol–water partition coefficient (Wildman–Crippen LogP) is 1.87. The Morgan fingerprint density at radius 1 is 1.35 bits per heavy atom. The number of carbonyl (C=O) groups is 1. The molecule has 3 atom stereocenters. The van der Waals surface area contributed by atoms with Crippen molar-refractivity contribution in [2.75, 3.05) is 6.61 Å². The highest BCUT2D eigenvalue weighted by atomic mass is 16.3. The molecular formula is C14H23NO2. The van der Waals surface area contributed by atoms with Crippen molar-refractivity contribution in [2.24, 2.45) is 17.8 Å². The van der Waals surface area contributed by atoms with Crippen LogP contribution in [0.2, 0.25) is 0 Å². The summed E-state index contributed by atoms with van der Waals surface area (Å²) in [5.41, 5.74) is -0.414. The minimum atomic E-state index is -0.414. The van der Waals surface area contributed by atoms with E-state index in [1.54, 1.807) is 0 Å². The van der Waals surface area contributed by atoms with E-state index < -0.39 is 5.54 Å². The van der Waals surface area contributed by atoms with Crippen LogP contribution in [0.3, 0.4) is 0 Å². The van der Waals surface area contributed by atoms with Crippen molar-refractivity contribution >= 4 is 5.91 Å². The zero-order chi connectivity index (χ0) is 12.5. The lowest BCUT2D eigenvalue weighted by Crippen LogP contribution is -2.52. The zero-order valence-corrected chi connectivity index (χ0v) is 10.8. The Balaban J connectivity index is 1.99. The molecule has 0 aromatic carbocycles. The van der Waals surface area contributed by atoms with Gasteiger partial charge in [0.1, 0.15) is 0 Å². The van der Waals surface area contributed by atoms with Crippen molar-refractivity contribution in [1.29, 1.82) is 0 Å². The fourth-order valence-corrected chi connectivity index (χ4v) is 3.13. The van der Waals surface area contributed by atoms with Gasteiger partial charge in [-0.25, -0.2) is 0 Å². The van der Waals surface area contributed by atoms with Gasteiger partial charge in [-0.3, -0.25) is 4.79 Å². The van der Waals surface area contributed by atoms with E-state index >= 15 is 0 Å². The number of hydrogen-bond donors (Lipinski definition) is 2. The summed E-state index contributed by atoms with van der Waals surface area (Å²) in [5, 5.41) is 12.6. The first kappa shape index (κ1) is 12.6. The molecule has 1 fully saturated rings. The van der Waals surface area contributed by atoms with E-state index in [4.69, 9.17) is 0 Å². The number of nitrogens with one attached hydrogen (secondary N) is 1. The maximum Gasteiger partial charge on any atom is 0.224 e. The average Bonchev–Trinajstić information content (AvgIpc) is 2.98. The smallest absolute Gasteiger partial charge is 0.224 e. The highest BCUT2D eigenvalue weighted by molar-refractivity contribution is 5.80. The Hall–Kier alpha value is -0.830. The minimum absolute atomic E-state index is 0.0302. The van der Waals surface area contributed by atoms with Crippen LogP contribution in [-0.2, 0) is 4.79 Å². The number of hydrogen-bond acceptors (Lipinski definition) is 2. The maximum absolute atomic E-state index is 12.3. The summed E-state index contributed by atoms with van der Waals surface area (Å²) in [7, 11) is 0. The number of fused-ring (bicyclic) bond motifs is 2. The number of carbonyl (C=O) groups excluding carboxylic acids is 1. The maximum atomic E-state index is 12.3. The molecular weight excluding hydrogens is 214 g/mol. The van der Waals surface area contributed by atoms with Crippen LogP contribution in [-0.4, -0.2) is 23.2 Å². The molecule has 0 aliphatic heterocycles. The standard InChI is InChI=1S/C14H23NO2/c1-3-14(4-2,9-16)15-13(17)12-8-10-5-6-11(12)7-10/h5-6,10-12,16H,3-4,7-9H2,1-2H3,(H,15,17). The molecule has 3 unspecified atom stereocenters. The molecule has 0 saturated heterocycles. The van der Waals surface area contributed by atoms with Gasteiger partial charge in [0.05, 0.1) is 12.1 Å². The van der Waals surface area contributed by atoms with Gasteiger partial charge in [-0.1, -0.05) is 26.0 Å². The van der Waals surface area contributed by atoms with Crippen LogP contribution in [0, 0.1) is 17.8 Å². The fraction of sp³-hybridized carbons (Fsp3) is 0.786. The van der Waals surface area contributed by atoms with Gasteiger partial charge in [0.2, 0.25) is 5.91 Å². The van der Waals surface area contributed by atoms with Gasteiger partial charge in [0.15, 0.2) is 0 Å². The van der Waals surface area contributed by atoms with Crippen molar-refractivity contribution in [3.8, 4) is 0 Å². The molecule has 0 heterocycles. The second-order valence-corrected chi connectivity index (χ2v) is 5.52. The SMILES string of the molecule is CCC(CC)(CO)NC(=O)C1CC2C=CC1C2. The van der Waals surface area contributed by atoms with E-state index in [0.717, 1.165) is 25.7 Å². The quantitative estimate of drug-likeness (QED) is 0.717. The van der Waals surface area contributed by atoms with Gasteiger partial charge in [-0.2, -0.15) is 0 Å². The Kier molecular flexibility index (Phi) is 3.57. The molecule has 3 nitrogen and oxygen atoms in total. The van der Waals surface area contributed by atoms with Crippen molar-refractivity contribution in [3.05, 3.63) is 12.2 Å². The topological polar surface area (TPSA) is 49.3 Å². The fourth-order valence-electron chi connectivity index (χ4n) is 3.13. The molecule has 2 aliphatic rings. The van der Waals surface area contributed by atoms with Crippen molar-refractivity contribution in [3.63, 3.8) is 0 Å². The van der Waals surface area contributed by atoms with Crippen molar-refractivity contribution < 1.29 is 9.90 Å². The second kappa shape index (κ2) is 4.81. The molecule has 0 radical (unpaired) electrons. The molecule has 0 aromatic heterocycles. The number of rotatable bonds is 5. The first-order valence-corrected chi connectivity index (χ1v) is 6.75. The van der Waals surface area contributed by atoms with E-state index in [1.165, 1.54) is 0 Å². The van der Waals surface area contributed by atoms with Crippen molar-refractivity contribution in [2.45, 2.75) is 45.1 Å². The van der Waals surface area contributed by atoms with Crippen LogP contribution >= 0.6 is 0 Å². The van der Waals surface area contributed by atoms with E-state index in [9.17, 15) is 9.90 Å². The molecule has 2 rings (SSSR count). The third-order valence-corrected chi connectivity index (χ3v) is 4.66. The summed E-state index contributed by atoms with van der Waals surface area (Å²) in [5.74, 6) is 1.32. The van der Waals surface area contributed by atoms with Crippen LogP contribution in [0.15, 0.2) is 12.2 Å². The summed E-state index contributed by atoms with van der Waals surface area (Å²) < 4.78 is 0.